The maximum Gasteiger partial charge on any atom is 0.163 e. The van der Waals surface area contributed by atoms with Crippen LogP contribution in [-0.4, -0.2) is 12.2 Å². The van der Waals surface area contributed by atoms with Crippen molar-refractivity contribution in [1.82, 2.24) is 0 Å². The fourth-order valence-electron chi connectivity index (χ4n) is 2.78. The number of aromatic hydroxyl groups is 1. The largest absolute Gasteiger partial charge is 0.504 e. The van der Waals surface area contributed by atoms with Gasteiger partial charge in [0.2, 0.25) is 0 Å². The van der Waals surface area contributed by atoms with Gasteiger partial charge in [-0.3, -0.25) is 0 Å². The van der Waals surface area contributed by atoms with Crippen LogP contribution in [0.5, 0.6) is 11.5 Å². The van der Waals surface area contributed by atoms with Crippen LogP contribution in [0.1, 0.15) is 43.2 Å². The van der Waals surface area contributed by atoms with Crippen LogP contribution in [0.15, 0.2) is 12.1 Å². The molecule has 3 nitrogen and oxygen atoms in total. The van der Waals surface area contributed by atoms with Gasteiger partial charge in [0, 0.05) is 11.1 Å². The molecule has 0 heterocycles. The van der Waals surface area contributed by atoms with E-state index in [1.54, 1.807) is 7.11 Å². The lowest BCUT2D eigenvalue weighted by molar-refractivity contribution is 0.286. The Bertz CT molecular complexity index is 409. The first-order valence-electron chi connectivity index (χ1n) is 6.24. The molecular weight excluding hydrogens is 214 g/mol. The summed E-state index contributed by atoms with van der Waals surface area (Å²) in [5.74, 6) is 0.773. The first kappa shape index (κ1) is 12.2. The molecule has 3 heteroatoms. The Kier molecular flexibility index (Phi) is 3.29. The second-order valence-corrected chi connectivity index (χ2v) is 5.03. The minimum Gasteiger partial charge on any atom is -0.504 e. The molecule has 1 fully saturated rings. The smallest absolute Gasteiger partial charge is 0.163 e. The number of hydrogen-bond acceptors (Lipinski definition) is 3. The fraction of sp³-hybridized carbons (Fsp3) is 0.571. The summed E-state index contributed by atoms with van der Waals surface area (Å²) in [4.78, 5) is 0. The molecule has 1 aliphatic rings. The molecule has 1 saturated carbocycles. The number of benzene rings is 1. The molecule has 1 aromatic carbocycles. The Morgan fingerprint density at radius 3 is 2.47 bits per heavy atom. The van der Waals surface area contributed by atoms with Gasteiger partial charge < -0.3 is 15.6 Å². The van der Waals surface area contributed by atoms with E-state index in [1.807, 2.05) is 19.1 Å². The van der Waals surface area contributed by atoms with E-state index < -0.39 is 0 Å². The molecule has 0 spiro atoms. The number of phenolic OH excluding ortho intramolecular Hbond substituents is 1. The van der Waals surface area contributed by atoms with Crippen LogP contribution in [0.4, 0.5) is 0 Å². The lowest BCUT2D eigenvalue weighted by atomic mass is 9.77. The normalized spacial score (nSPS) is 19.0. The van der Waals surface area contributed by atoms with Crippen molar-refractivity contribution in [1.29, 1.82) is 0 Å². The molecule has 3 N–H and O–H groups in total. The van der Waals surface area contributed by atoms with Crippen LogP contribution in [0.25, 0.3) is 0 Å². The molecule has 0 aromatic heterocycles. The zero-order valence-corrected chi connectivity index (χ0v) is 10.6. The number of ether oxygens (including phenoxy) is 1. The zero-order valence-electron chi connectivity index (χ0n) is 10.6. The molecule has 0 unspecified atom stereocenters. The van der Waals surface area contributed by atoms with Gasteiger partial charge in [0.15, 0.2) is 11.5 Å². The minimum atomic E-state index is -0.386. The number of nitrogens with two attached hydrogens (primary N) is 1. The van der Waals surface area contributed by atoms with Gasteiger partial charge in [0.25, 0.3) is 0 Å². The van der Waals surface area contributed by atoms with Crippen molar-refractivity contribution >= 4 is 0 Å². The Morgan fingerprint density at radius 2 is 1.88 bits per heavy atom. The van der Waals surface area contributed by atoms with Gasteiger partial charge in [-0.2, -0.15) is 0 Å². The number of rotatable bonds is 2. The average molecular weight is 235 g/mol. The van der Waals surface area contributed by atoms with Gasteiger partial charge in [0.05, 0.1) is 7.11 Å². The highest BCUT2D eigenvalue weighted by Gasteiger charge is 2.33. The topological polar surface area (TPSA) is 55.5 Å². The molecule has 2 rings (SSSR count). The summed E-state index contributed by atoms with van der Waals surface area (Å²) >= 11 is 0. The third-order valence-corrected chi connectivity index (χ3v) is 3.81. The van der Waals surface area contributed by atoms with Crippen LogP contribution in [0, 0.1) is 6.92 Å². The van der Waals surface area contributed by atoms with Crippen LogP contribution in [0.3, 0.4) is 0 Å². The van der Waals surface area contributed by atoms with Gasteiger partial charge in [-0.05, 0) is 25.3 Å². The van der Waals surface area contributed by atoms with Gasteiger partial charge in [-0.15, -0.1) is 0 Å². The van der Waals surface area contributed by atoms with Crippen molar-refractivity contribution in [3.63, 3.8) is 0 Å². The summed E-state index contributed by atoms with van der Waals surface area (Å²) in [6.45, 7) is 1.92. The summed E-state index contributed by atoms with van der Waals surface area (Å²) in [7, 11) is 1.58. The predicted molar refractivity (Wildman–Crippen MR) is 68.3 cm³/mol. The molecule has 0 bridgehead atoms. The molecular formula is C14H21NO2. The molecule has 0 atom stereocenters. The Balaban J connectivity index is 2.44. The molecule has 0 radical (unpaired) electrons. The zero-order chi connectivity index (χ0) is 12.5. The van der Waals surface area contributed by atoms with Crippen LogP contribution < -0.4 is 10.5 Å². The molecule has 17 heavy (non-hydrogen) atoms. The minimum absolute atomic E-state index is 0.219. The first-order valence-corrected chi connectivity index (χ1v) is 6.24. The molecule has 0 saturated heterocycles. The van der Waals surface area contributed by atoms with Crippen LogP contribution >= 0.6 is 0 Å². The maximum absolute atomic E-state index is 10.3. The maximum atomic E-state index is 10.3. The van der Waals surface area contributed by atoms with Crippen molar-refractivity contribution in [3.05, 3.63) is 23.3 Å². The van der Waals surface area contributed by atoms with E-state index in [1.165, 1.54) is 6.42 Å². The van der Waals surface area contributed by atoms with E-state index in [9.17, 15) is 5.11 Å². The predicted octanol–water partition coefficient (Wildman–Crippen LogP) is 2.83. The summed E-state index contributed by atoms with van der Waals surface area (Å²) in [5.41, 5.74) is 7.82. The second-order valence-electron chi connectivity index (χ2n) is 5.03. The van der Waals surface area contributed by atoms with E-state index in [4.69, 9.17) is 10.5 Å². The van der Waals surface area contributed by atoms with E-state index in [0.29, 0.717) is 5.75 Å². The first-order chi connectivity index (χ1) is 8.08. The van der Waals surface area contributed by atoms with Crippen molar-refractivity contribution in [3.8, 4) is 11.5 Å². The molecule has 0 aliphatic heterocycles. The number of hydrogen-bond donors (Lipinski definition) is 2. The monoisotopic (exact) mass is 235 g/mol. The lowest BCUT2D eigenvalue weighted by Gasteiger charge is -2.34. The summed E-state index contributed by atoms with van der Waals surface area (Å²) in [5, 5.41) is 10.3. The van der Waals surface area contributed by atoms with Crippen LogP contribution in [-0.2, 0) is 5.54 Å². The number of methoxy groups -OCH3 is 1. The highest BCUT2D eigenvalue weighted by Crippen LogP contribution is 2.43. The van der Waals surface area contributed by atoms with Gasteiger partial charge in [-0.25, -0.2) is 0 Å². The van der Waals surface area contributed by atoms with E-state index in [0.717, 1.165) is 36.8 Å². The van der Waals surface area contributed by atoms with Crippen molar-refractivity contribution in [2.24, 2.45) is 5.73 Å². The van der Waals surface area contributed by atoms with Crippen LogP contribution in [0.2, 0.25) is 0 Å². The Labute approximate surface area is 103 Å². The highest BCUT2D eigenvalue weighted by atomic mass is 16.5. The van der Waals surface area contributed by atoms with E-state index >= 15 is 0 Å². The lowest BCUT2D eigenvalue weighted by Crippen LogP contribution is -2.38. The fourth-order valence-corrected chi connectivity index (χ4v) is 2.78. The van der Waals surface area contributed by atoms with E-state index in [-0.39, 0.29) is 11.3 Å². The van der Waals surface area contributed by atoms with Gasteiger partial charge in [-0.1, -0.05) is 31.4 Å². The second kappa shape index (κ2) is 4.57. The third kappa shape index (κ3) is 2.12. The van der Waals surface area contributed by atoms with Crippen molar-refractivity contribution in [2.45, 2.75) is 44.6 Å². The molecule has 1 aromatic rings. The molecule has 1 aliphatic carbocycles. The SMILES string of the molecule is COc1c(C)ccc(C2(N)CCCCC2)c1O. The third-order valence-electron chi connectivity index (χ3n) is 3.81. The summed E-state index contributed by atoms with van der Waals surface area (Å²) in [6, 6.07) is 3.91. The Morgan fingerprint density at radius 1 is 1.24 bits per heavy atom. The van der Waals surface area contributed by atoms with Crippen molar-refractivity contribution < 1.29 is 9.84 Å². The average Bonchev–Trinajstić information content (AvgIpc) is 2.30. The molecule has 0 amide bonds. The summed E-state index contributed by atoms with van der Waals surface area (Å²) in [6.07, 6.45) is 5.38. The number of phenols is 1. The van der Waals surface area contributed by atoms with Gasteiger partial charge in [0.1, 0.15) is 0 Å². The van der Waals surface area contributed by atoms with E-state index in [2.05, 4.69) is 0 Å². The highest BCUT2D eigenvalue weighted by molar-refractivity contribution is 5.53. The quantitative estimate of drug-likeness (QED) is 0.828. The summed E-state index contributed by atoms with van der Waals surface area (Å²) < 4.78 is 5.25. The van der Waals surface area contributed by atoms with Gasteiger partial charge >= 0.3 is 0 Å². The Hall–Kier alpha value is -1.22. The number of aryl methyl sites for hydroxylation is 1. The van der Waals surface area contributed by atoms with Crippen molar-refractivity contribution in [2.75, 3.05) is 7.11 Å². The molecule has 94 valence electrons. The standard InChI is InChI=1S/C14H21NO2/c1-10-6-7-11(12(16)13(10)17-2)14(15)8-4-3-5-9-14/h6-7,16H,3-5,8-9,15H2,1-2H3.